The van der Waals surface area contributed by atoms with Crippen LogP contribution in [0.25, 0.3) is 0 Å². The molecule has 0 radical (unpaired) electrons. The summed E-state index contributed by atoms with van der Waals surface area (Å²) in [6.07, 6.45) is 6.93. The van der Waals surface area contributed by atoms with Gasteiger partial charge in [0.2, 0.25) is 0 Å². The van der Waals surface area contributed by atoms with Gasteiger partial charge in [-0.15, -0.1) is 0 Å². The van der Waals surface area contributed by atoms with Crippen molar-refractivity contribution in [1.82, 2.24) is 4.98 Å². The lowest BCUT2D eigenvalue weighted by Gasteiger charge is -2.41. The molecule has 1 aliphatic carbocycles. The van der Waals surface area contributed by atoms with Crippen LogP contribution in [0.3, 0.4) is 0 Å². The van der Waals surface area contributed by atoms with Gasteiger partial charge in [-0.05, 0) is 31.6 Å². The molecule has 2 atom stereocenters. The van der Waals surface area contributed by atoms with E-state index >= 15 is 0 Å². The predicted molar refractivity (Wildman–Crippen MR) is 79.1 cm³/mol. The Morgan fingerprint density at radius 2 is 2.00 bits per heavy atom. The summed E-state index contributed by atoms with van der Waals surface area (Å²) in [6.45, 7) is 5.85. The van der Waals surface area contributed by atoms with E-state index in [0.717, 1.165) is 40.6 Å². The number of Topliss-reactive ketones (excluding diaryl/α,β-unsaturated/α-hetero) is 1. The van der Waals surface area contributed by atoms with E-state index in [1.807, 2.05) is 6.92 Å². The van der Waals surface area contributed by atoms with E-state index in [2.05, 4.69) is 9.88 Å². The van der Waals surface area contributed by atoms with Crippen LogP contribution >= 0.6 is 11.3 Å². The maximum absolute atomic E-state index is 11.5. The van der Waals surface area contributed by atoms with E-state index in [1.54, 1.807) is 18.3 Å². The smallest absolute Gasteiger partial charge is 0.186 e. The Bertz CT molecular complexity index is 482. The van der Waals surface area contributed by atoms with E-state index in [9.17, 15) is 4.79 Å². The number of carbonyl (C=O) groups excluding carboxylic acids is 1. The minimum Gasteiger partial charge on any atom is -0.348 e. The number of carbonyl (C=O) groups is 1. The molecular formula is C15H22N2OS. The molecule has 0 aromatic carbocycles. The fourth-order valence-corrected chi connectivity index (χ4v) is 4.62. The van der Waals surface area contributed by atoms with Crippen molar-refractivity contribution in [3.8, 4) is 0 Å². The van der Waals surface area contributed by atoms with Crippen LogP contribution in [-0.2, 0) is 0 Å². The molecule has 2 heterocycles. The first-order valence-electron chi connectivity index (χ1n) is 7.38. The molecule has 4 heteroatoms. The second-order valence-corrected chi connectivity index (χ2v) is 6.98. The molecule has 1 saturated heterocycles. The third-order valence-corrected chi connectivity index (χ3v) is 5.99. The van der Waals surface area contributed by atoms with Crippen molar-refractivity contribution in [2.24, 2.45) is 11.8 Å². The number of hydrogen-bond donors (Lipinski definition) is 0. The third-order valence-electron chi connectivity index (χ3n) is 4.67. The van der Waals surface area contributed by atoms with Gasteiger partial charge in [0.1, 0.15) is 0 Å². The average molecular weight is 278 g/mol. The summed E-state index contributed by atoms with van der Waals surface area (Å²) >= 11 is 1.58. The maximum Gasteiger partial charge on any atom is 0.186 e. The summed E-state index contributed by atoms with van der Waals surface area (Å²) in [5.41, 5.74) is 0.901. The number of fused-ring (bicyclic) bond motifs is 1. The molecule has 1 aromatic heterocycles. The molecule has 0 N–H and O–H groups in total. The standard InChI is InChI=1S/C15H22N2OS/c1-10-14(11(2)18)19-15(16-10)17-8-7-12-5-3-4-6-13(12)9-17/h12-13H,3-9H2,1-2H3. The van der Waals surface area contributed by atoms with Gasteiger partial charge in [-0.3, -0.25) is 4.79 Å². The second kappa shape index (κ2) is 5.23. The third kappa shape index (κ3) is 2.55. The quantitative estimate of drug-likeness (QED) is 0.774. The SMILES string of the molecule is CC(=O)c1sc(N2CCC3CCCCC3C2)nc1C. The van der Waals surface area contributed by atoms with Crippen LogP contribution in [0.4, 0.5) is 5.13 Å². The largest absolute Gasteiger partial charge is 0.348 e. The Balaban J connectivity index is 1.76. The zero-order chi connectivity index (χ0) is 13.4. The average Bonchev–Trinajstić information content (AvgIpc) is 2.80. The van der Waals surface area contributed by atoms with Crippen molar-refractivity contribution in [2.45, 2.75) is 46.0 Å². The first-order chi connectivity index (χ1) is 9.15. The van der Waals surface area contributed by atoms with Gasteiger partial charge in [0, 0.05) is 20.0 Å². The summed E-state index contributed by atoms with van der Waals surface area (Å²) in [4.78, 5) is 19.4. The van der Waals surface area contributed by atoms with Gasteiger partial charge < -0.3 is 4.90 Å². The molecule has 0 spiro atoms. The molecule has 0 amide bonds. The van der Waals surface area contributed by atoms with Crippen LogP contribution in [0.1, 0.15) is 54.4 Å². The van der Waals surface area contributed by atoms with Crippen LogP contribution in [0, 0.1) is 18.8 Å². The van der Waals surface area contributed by atoms with Crippen LogP contribution in [0.5, 0.6) is 0 Å². The fraction of sp³-hybridized carbons (Fsp3) is 0.733. The lowest BCUT2D eigenvalue weighted by molar-refractivity contribution is 0.102. The van der Waals surface area contributed by atoms with Crippen molar-refractivity contribution < 1.29 is 4.79 Å². The summed E-state index contributed by atoms with van der Waals surface area (Å²) in [6, 6.07) is 0. The zero-order valence-electron chi connectivity index (χ0n) is 11.8. The zero-order valence-corrected chi connectivity index (χ0v) is 12.6. The number of hydrogen-bond acceptors (Lipinski definition) is 4. The van der Waals surface area contributed by atoms with Gasteiger partial charge in [0.25, 0.3) is 0 Å². The fourth-order valence-electron chi connectivity index (χ4n) is 3.62. The van der Waals surface area contributed by atoms with Gasteiger partial charge in [-0.1, -0.05) is 30.6 Å². The number of rotatable bonds is 2. The van der Waals surface area contributed by atoms with E-state index in [-0.39, 0.29) is 5.78 Å². The van der Waals surface area contributed by atoms with Gasteiger partial charge >= 0.3 is 0 Å². The van der Waals surface area contributed by atoms with Crippen LogP contribution in [0.2, 0.25) is 0 Å². The molecule has 104 valence electrons. The van der Waals surface area contributed by atoms with Crippen LogP contribution < -0.4 is 4.90 Å². The van der Waals surface area contributed by atoms with Gasteiger partial charge in [0.05, 0.1) is 10.6 Å². The lowest BCUT2D eigenvalue weighted by Crippen LogP contribution is -2.41. The van der Waals surface area contributed by atoms with E-state index in [4.69, 9.17) is 0 Å². The minimum absolute atomic E-state index is 0.147. The first kappa shape index (κ1) is 13.1. The number of thiazole rings is 1. The first-order valence-corrected chi connectivity index (χ1v) is 8.20. The van der Waals surface area contributed by atoms with Crippen molar-refractivity contribution in [3.63, 3.8) is 0 Å². The monoisotopic (exact) mass is 278 g/mol. The molecule has 1 aromatic rings. The van der Waals surface area contributed by atoms with E-state index in [0.29, 0.717) is 0 Å². The molecule has 0 bridgehead atoms. The molecule has 2 unspecified atom stereocenters. The Morgan fingerprint density at radius 3 is 2.68 bits per heavy atom. The van der Waals surface area contributed by atoms with Gasteiger partial charge in [0.15, 0.2) is 10.9 Å². The van der Waals surface area contributed by atoms with E-state index in [1.165, 1.54) is 32.1 Å². The molecular weight excluding hydrogens is 256 g/mol. The van der Waals surface area contributed by atoms with Crippen LogP contribution in [0.15, 0.2) is 0 Å². The summed E-state index contributed by atoms with van der Waals surface area (Å²) in [7, 11) is 0. The number of anilines is 1. The van der Waals surface area contributed by atoms with Crippen molar-refractivity contribution >= 4 is 22.3 Å². The highest BCUT2D eigenvalue weighted by Crippen LogP contribution is 2.38. The van der Waals surface area contributed by atoms with E-state index < -0.39 is 0 Å². The predicted octanol–water partition coefficient (Wildman–Crippen LogP) is 3.67. The molecule has 3 nitrogen and oxygen atoms in total. The lowest BCUT2D eigenvalue weighted by atomic mass is 9.75. The maximum atomic E-state index is 11.5. The van der Waals surface area contributed by atoms with Crippen LogP contribution in [-0.4, -0.2) is 23.9 Å². The van der Waals surface area contributed by atoms with Gasteiger partial charge in [-0.25, -0.2) is 4.98 Å². The van der Waals surface area contributed by atoms with Crippen molar-refractivity contribution in [2.75, 3.05) is 18.0 Å². The van der Waals surface area contributed by atoms with Crippen molar-refractivity contribution in [3.05, 3.63) is 10.6 Å². The molecule has 1 saturated carbocycles. The summed E-state index contributed by atoms with van der Waals surface area (Å²) < 4.78 is 0. The molecule has 2 aliphatic rings. The molecule has 2 fully saturated rings. The minimum atomic E-state index is 0.147. The Morgan fingerprint density at radius 1 is 1.26 bits per heavy atom. The summed E-state index contributed by atoms with van der Waals surface area (Å²) in [5, 5.41) is 1.06. The highest BCUT2D eigenvalue weighted by atomic mass is 32.1. The van der Waals surface area contributed by atoms with Gasteiger partial charge in [-0.2, -0.15) is 0 Å². The Kier molecular flexibility index (Phi) is 3.61. The Labute approximate surface area is 119 Å². The summed E-state index contributed by atoms with van der Waals surface area (Å²) in [5.74, 6) is 1.94. The number of nitrogens with zero attached hydrogens (tertiary/aromatic N) is 2. The van der Waals surface area contributed by atoms with Crippen molar-refractivity contribution in [1.29, 1.82) is 0 Å². The number of aryl methyl sites for hydroxylation is 1. The normalized spacial score (nSPS) is 27.2. The molecule has 1 aliphatic heterocycles. The number of ketones is 1. The number of piperidine rings is 1. The highest BCUT2D eigenvalue weighted by molar-refractivity contribution is 7.17. The second-order valence-electron chi connectivity index (χ2n) is 6.01. The number of aromatic nitrogens is 1. The topological polar surface area (TPSA) is 33.2 Å². The Hall–Kier alpha value is -0.900. The molecule has 3 rings (SSSR count). The highest BCUT2D eigenvalue weighted by Gasteiger charge is 2.32. The molecule has 19 heavy (non-hydrogen) atoms.